The number of esters is 1. The van der Waals surface area contributed by atoms with Crippen LogP contribution in [-0.4, -0.2) is 18.2 Å². The van der Waals surface area contributed by atoms with E-state index in [0.717, 1.165) is 0 Å². The summed E-state index contributed by atoms with van der Waals surface area (Å²) in [5.74, 6) is -0.381. The average molecular weight is 182 g/mol. The van der Waals surface area contributed by atoms with Crippen LogP contribution in [0.1, 0.15) is 24.2 Å². The van der Waals surface area contributed by atoms with Gasteiger partial charge in [-0.05, 0) is 18.2 Å². The van der Waals surface area contributed by atoms with Crippen LogP contribution < -0.4 is 0 Å². The maximum atomic E-state index is 10.8. The van der Waals surface area contributed by atoms with E-state index >= 15 is 0 Å². The first-order valence-electron chi connectivity index (χ1n) is 4.11. The van der Waals surface area contributed by atoms with Crippen LogP contribution in [-0.2, 0) is 4.74 Å². The number of rotatable bonds is 1. The first kappa shape index (κ1) is 11.5. The van der Waals surface area contributed by atoms with Crippen molar-refractivity contribution in [1.29, 1.82) is 0 Å². The monoisotopic (exact) mass is 182 g/mol. The Morgan fingerprint density at radius 3 is 2.46 bits per heavy atom. The number of phenolic OH excluding ortho intramolecular Hbond substituents is 1. The molecule has 0 aromatic heterocycles. The summed E-state index contributed by atoms with van der Waals surface area (Å²) in [5, 5.41) is 8.95. The Labute approximate surface area is 78.0 Å². The van der Waals surface area contributed by atoms with Gasteiger partial charge in [0.1, 0.15) is 5.75 Å². The Kier molecular flexibility index (Phi) is 5.35. The molecule has 1 aromatic rings. The van der Waals surface area contributed by atoms with Gasteiger partial charge in [0, 0.05) is 0 Å². The summed E-state index contributed by atoms with van der Waals surface area (Å²) in [5.41, 5.74) is 0.354. The minimum absolute atomic E-state index is 0.0629. The van der Waals surface area contributed by atoms with Crippen molar-refractivity contribution in [3.05, 3.63) is 29.8 Å². The number of hydrogen-bond donors (Lipinski definition) is 1. The maximum absolute atomic E-state index is 10.8. The molecule has 0 aliphatic heterocycles. The van der Waals surface area contributed by atoms with Crippen LogP contribution in [0, 0.1) is 0 Å². The maximum Gasteiger partial charge on any atom is 0.337 e. The zero-order valence-corrected chi connectivity index (χ0v) is 8.07. The standard InChI is InChI=1S/C8H8O3.C2H6/c1-11-8(10)6-3-2-4-7(9)5-6;1-2/h2-5,9H,1H3;1-2H3. The Hall–Kier alpha value is -1.51. The van der Waals surface area contributed by atoms with E-state index in [1.54, 1.807) is 12.1 Å². The summed E-state index contributed by atoms with van der Waals surface area (Å²) < 4.78 is 4.44. The molecule has 1 rings (SSSR count). The van der Waals surface area contributed by atoms with Gasteiger partial charge in [0.15, 0.2) is 0 Å². The Bertz CT molecular complexity index is 269. The van der Waals surface area contributed by atoms with Crippen LogP contribution in [0.5, 0.6) is 5.75 Å². The van der Waals surface area contributed by atoms with E-state index in [-0.39, 0.29) is 5.75 Å². The molecule has 0 aliphatic carbocycles. The van der Waals surface area contributed by atoms with E-state index in [2.05, 4.69) is 4.74 Å². The topological polar surface area (TPSA) is 46.5 Å². The van der Waals surface area contributed by atoms with Crippen LogP contribution in [0.2, 0.25) is 0 Å². The van der Waals surface area contributed by atoms with Gasteiger partial charge in [0.05, 0.1) is 12.7 Å². The fraction of sp³-hybridized carbons (Fsp3) is 0.300. The second kappa shape index (κ2) is 6.06. The predicted octanol–water partition coefficient (Wildman–Crippen LogP) is 2.21. The highest BCUT2D eigenvalue weighted by atomic mass is 16.5. The van der Waals surface area contributed by atoms with Crippen LogP contribution in [0.4, 0.5) is 0 Å². The fourth-order valence-electron chi connectivity index (χ4n) is 0.751. The third-order valence-electron chi connectivity index (χ3n) is 1.27. The van der Waals surface area contributed by atoms with Crippen LogP contribution in [0.3, 0.4) is 0 Å². The number of aromatic hydroxyl groups is 1. The van der Waals surface area contributed by atoms with Crippen LogP contribution >= 0.6 is 0 Å². The highest BCUT2D eigenvalue weighted by molar-refractivity contribution is 5.89. The molecule has 72 valence electrons. The van der Waals surface area contributed by atoms with Crippen molar-refractivity contribution in [2.75, 3.05) is 7.11 Å². The van der Waals surface area contributed by atoms with Gasteiger partial charge in [-0.2, -0.15) is 0 Å². The Morgan fingerprint density at radius 2 is 2.00 bits per heavy atom. The van der Waals surface area contributed by atoms with Gasteiger partial charge in [-0.15, -0.1) is 0 Å². The summed E-state index contributed by atoms with van der Waals surface area (Å²) in [6, 6.07) is 6.01. The second-order valence-corrected chi connectivity index (χ2v) is 2.04. The van der Waals surface area contributed by atoms with Crippen LogP contribution in [0.25, 0.3) is 0 Å². The van der Waals surface area contributed by atoms with Gasteiger partial charge in [-0.1, -0.05) is 19.9 Å². The smallest absolute Gasteiger partial charge is 0.337 e. The zero-order valence-electron chi connectivity index (χ0n) is 8.07. The molecule has 0 fully saturated rings. The van der Waals surface area contributed by atoms with Gasteiger partial charge in [-0.25, -0.2) is 4.79 Å². The summed E-state index contributed by atoms with van der Waals surface area (Å²) in [4.78, 5) is 10.8. The molecule has 0 bridgehead atoms. The molecule has 0 unspecified atom stereocenters. The van der Waals surface area contributed by atoms with Gasteiger partial charge >= 0.3 is 5.97 Å². The fourth-order valence-corrected chi connectivity index (χ4v) is 0.751. The first-order valence-corrected chi connectivity index (χ1v) is 4.11. The van der Waals surface area contributed by atoms with E-state index in [1.165, 1.54) is 19.2 Å². The van der Waals surface area contributed by atoms with Gasteiger partial charge < -0.3 is 9.84 Å². The number of benzene rings is 1. The minimum Gasteiger partial charge on any atom is -0.508 e. The lowest BCUT2D eigenvalue weighted by molar-refractivity contribution is 0.0600. The summed E-state index contributed by atoms with van der Waals surface area (Å²) in [7, 11) is 1.30. The van der Waals surface area contributed by atoms with Crippen LogP contribution in [0.15, 0.2) is 24.3 Å². The molecule has 0 saturated heterocycles. The van der Waals surface area contributed by atoms with E-state index in [9.17, 15) is 4.79 Å². The number of carbonyl (C=O) groups excluding carboxylic acids is 1. The van der Waals surface area contributed by atoms with Crippen molar-refractivity contribution in [1.82, 2.24) is 0 Å². The van der Waals surface area contributed by atoms with E-state index < -0.39 is 5.97 Å². The van der Waals surface area contributed by atoms with Gasteiger partial charge in [-0.3, -0.25) is 0 Å². The molecule has 3 heteroatoms. The summed E-state index contributed by atoms with van der Waals surface area (Å²) in [6.07, 6.45) is 0. The molecule has 1 N–H and O–H groups in total. The quantitative estimate of drug-likeness (QED) is 0.677. The lowest BCUT2D eigenvalue weighted by Crippen LogP contribution is -1.99. The summed E-state index contributed by atoms with van der Waals surface area (Å²) in [6.45, 7) is 4.00. The number of methoxy groups -OCH3 is 1. The SMILES string of the molecule is CC.COC(=O)c1cccc(O)c1. The molecule has 0 spiro atoms. The molecule has 0 aliphatic rings. The lowest BCUT2D eigenvalue weighted by atomic mass is 10.2. The van der Waals surface area contributed by atoms with E-state index in [0.29, 0.717) is 5.56 Å². The number of ether oxygens (including phenoxy) is 1. The lowest BCUT2D eigenvalue weighted by Gasteiger charge is -1.97. The van der Waals surface area contributed by atoms with Crippen molar-refractivity contribution in [3.8, 4) is 5.75 Å². The molecule has 3 nitrogen and oxygen atoms in total. The molecule has 1 aromatic carbocycles. The zero-order chi connectivity index (χ0) is 10.3. The highest BCUT2D eigenvalue weighted by Gasteiger charge is 2.03. The molecule has 13 heavy (non-hydrogen) atoms. The number of hydrogen-bond acceptors (Lipinski definition) is 3. The van der Waals surface area contributed by atoms with Gasteiger partial charge in [0.2, 0.25) is 0 Å². The molecule has 0 atom stereocenters. The molecule has 0 heterocycles. The predicted molar refractivity (Wildman–Crippen MR) is 50.8 cm³/mol. The largest absolute Gasteiger partial charge is 0.508 e. The van der Waals surface area contributed by atoms with E-state index in [4.69, 9.17) is 5.11 Å². The second-order valence-electron chi connectivity index (χ2n) is 2.04. The minimum atomic E-state index is -0.444. The van der Waals surface area contributed by atoms with Crippen molar-refractivity contribution < 1.29 is 14.6 Å². The normalized spacial score (nSPS) is 8.23. The Morgan fingerprint density at radius 1 is 1.38 bits per heavy atom. The first-order chi connectivity index (χ1) is 6.24. The van der Waals surface area contributed by atoms with E-state index in [1.807, 2.05) is 13.8 Å². The molecular weight excluding hydrogens is 168 g/mol. The van der Waals surface area contributed by atoms with Crippen molar-refractivity contribution in [2.45, 2.75) is 13.8 Å². The third-order valence-corrected chi connectivity index (χ3v) is 1.27. The molecule has 0 saturated carbocycles. The molecule has 0 amide bonds. The van der Waals surface area contributed by atoms with Crippen molar-refractivity contribution in [2.24, 2.45) is 0 Å². The highest BCUT2D eigenvalue weighted by Crippen LogP contribution is 2.11. The van der Waals surface area contributed by atoms with Crippen molar-refractivity contribution in [3.63, 3.8) is 0 Å². The number of carbonyl (C=O) groups is 1. The third kappa shape index (κ3) is 3.60. The molecule has 0 radical (unpaired) electrons. The average Bonchev–Trinajstić information content (AvgIpc) is 2.20. The van der Waals surface area contributed by atoms with Gasteiger partial charge in [0.25, 0.3) is 0 Å². The molecular formula is C10H14O3. The summed E-state index contributed by atoms with van der Waals surface area (Å²) >= 11 is 0. The Balaban J connectivity index is 0.000000671. The van der Waals surface area contributed by atoms with Crippen molar-refractivity contribution >= 4 is 5.97 Å². The number of phenols is 1.